The summed E-state index contributed by atoms with van der Waals surface area (Å²) in [6.07, 6.45) is 2.10. The fraction of sp³-hybridized carbons (Fsp3) is 0.286. The van der Waals surface area contributed by atoms with Crippen LogP contribution in [0.1, 0.15) is 30.1 Å². The van der Waals surface area contributed by atoms with E-state index in [2.05, 4.69) is 9.97 Å². The predicted octanol–water partition coefficient (Wildman–Crippen LogP) is 4.26. The van der Waals surface area contributed by atoms with Crippen LogP contribution in [-0.2, 0) is 0 Å². The Morgan fingerprint density at radius 3 is 2.53 bits per heavy atom. The zero-order valence-electron chi connectivity index (χ0n) is 10.3. The van der Waals surface area contributed by atoms with Gasteiger partial charge < -0.3 is 0 Å². The van der Waals surface area contributed by atoms with Crippen LogP contribution in [0.5, 0.6) is 0 Å². The lowest BCUT2D eigenvalue weighted by atomic mass is 10.1. The number of aromatic nitrogens is 2. The second kappa shape index (κ2) is 4.53. The first-order valence-electron chi connectivity index (χ1n) is 6.05. The third-order valence-corrected chi connectivity index (χ3v) is 3.61. The Kier molecular flexibility index (Phi) is 2.97. The molecule has 5 heteroatoms. The Bertz CT molecular complexity index is 654. The second-order valence-corrected chi connectivity index (χ2v) is 5.11. The molecule has 1 aliphatic rings. The molecule has 0 spiro atoms. The summed E-state index contributed by atoms with van der Waals surface area (Å²) in [5.41, 5.74) is 1.76. The summed E-state index contributed by atoms with van der Waals surface area (Å²) in [6.45, 7) is 1.77. The maximum absolute atomic E-state index is 13.3. The van der Waals surface area contributed by atoms with E-state index < -0.39 is 11.6 Å². The molecule has 2 aromatic rings. The SMILES string of the molecule is Cc1c(Cl)nc(C2CC2)nc1-c1ccc(F)c(F)c1. The van der Waals surface area contributed by atoms with E-state index in [1.807, 2.05) is 0 Å². The molecule has 0 radical (unpaired) electrons. The van der Waals surface area contributed by atoms with Crippen molar-refractivity contribution < 1.29 is 8.78 Å². The van der Waals surface area contributed by atoms with E-state index >= 15 is 0 Å². The van der Waals surface area contributed by atoms with E-state index in [0.29, 0.717) is 33.7 Å². The zero-order chi connectivity index (χ0) is 13.6. The first kappa shape index (κ1) is 12.5. The van der Waals surface area contributed by atoms with Gasteiger partial charge in [-0.05, 0) is 38.0 Å². The lowest BCUT2D eigenvalue weighted by Gasteiger charge is -2.09. The monoisotopic (exact) mass is 280 g/mol. The van der Waals surface area contributed by atoms with Gasteiger partial charge in [0.25, 0.3) is 0 Å². The molecule has 2 nitrogen and oxygen atoms in total. The third kappa shape index (κ3) is 2.32. The van der Waals surface area contributed by atoms with Crippen LogP contribution in [0.2, 0.25) is 5.15 Å². The lowest BCUT2D eigenvalue weighted by Crippen LogP contribution is -2.00. The lowest BCUT2D eigenvalue weighted by molar-refractivity contribution is 0.509. The molecule has 3 rings (SSSR count). The van der Waals surface area contributed by atoms with Crippen LogP contribution in [0.3, 0.4) is 0 Å². The van der Waals surface area contributed by atoms with Crippen LogP contribution < -0.4 is 0 Å². The van der Waals surface area contributed by atoms with Gasteiger partial charge in [-0.3, -0.25) is 0 Å². The van der Waals surface area contributed by atoms with Crippen molar-refractivity contribution in [1.82, 2.24) is 9.97 Å². The van der Waals surface area contributed by atoms with Crippen molar-refractivity contribution in [2.24, 2.45) is 0 Å². The van der Waals surface area contributed by atoms with E-state index in [1.54, 1.807) is 6.92 Å². The van der Waals surface area contributed by atoms with Gasteiger partial charge in [-0.15, -0.1) is 0 Å². The van der Waals surface area contributed by atoms with Crippen molar-refractivity contribution in [3.8, 4) is 11.3 Å². The Hall–Kier alpha value is -1.55. The number of benzene rings is 1. The Labute approximate surface area is 114 Å². The molecule has 0 N–H and O–H groups in total. The molecule has 0 aliphatic heterocycles. The predicted molar refractivity (Wildman–Crippen MR) is 69.1 cm³/mol. The van der Waals surface area contributed by atoms with Crippen molar-refractivity contribution >= 4 is 11.6 Å². The van der Waals surface area contributed by atoms with Crippen LogP contribution >= 0.6 is 11.6 Å². The molecule has 1 saturated carbocycles. The highest BCUT2D eigenvalue weighted by molar-refractivity contribution is 6.30. The maximum atomic E-state index is 13.3. The standard InChI is InChI=1S/C14H11ClF2N2/c1-7-12(9-4-5-10(16)11(17)6-9)18-14(8-2-3-8)19-13(7)15/h4-6,8H,2-3H2,1H3. The molecule has 0 amide bonds. The van der Waals surface area contributed by atoms with Gasteiger partial charge in [-0.2, -0.15) is 0 Å². The largest absolute Gasteiger partial charge is 0.232 e. The highest BCUT2D eigenvalue weighted by atomic mass is 35.5. The summed E-state index contributed by atoms with van der Waals surface area (Å²) in [5.74, 6) is -0.721. The highest BCUT2D eigenvalue weighted by Gasteiger charge is 2.28. The zero-order valence-corrected chi connectivity index (χ0v) is 11.0. The molecule has 1 aliphatic carbocycles. The van der Waals surface area contributed by atoms with Crippen molar-refractivity contribution in [1.29, 1.82) is 0 Å². The number of halogens is 3. The smallest absolute Gasteiger partial charge is 0.159 e. The first-order valence-corrected chi connectivity index (χ1v) is 6.43. The number of rotatable bonds is 2. The van der Waals surface area contributed by atoms with Gasteiger partial charge in [0.05, 0.1) is 5.69 Å². The van der Waals surface area contributed by atoms with Crippen LogP contribution in [-0.4, -0.2) is 9.97 Å². The Morgan fingerprint density at radius 2 is 1.89 bits per heavy atom. The first-order chi connectivity index (χ1) is 9.06. The van der Waals surface area contributed by atoms with Gasteiger partial charge in [0.2, 0.25) is 0 Å². The van der Waals surface area contributed by atoms with Gasteiger partial charge in [-0.1, -0.05) is 11.6 Å². The van der Waals surface area contributed by atoms with E-state index in [0.717, 1.165) is 25.0 Å². The minimum absolute atomic E-state index is 0.349. The molecule has 0 saturated heterocycles. The molecule has 1 aromatic carbocycles. The Balaban J connectivity index is 2.14. The average molecular weight is 281 g/mol. The van der Waals surface area contributed by atoms with Crippen LogP contribution in [0, 0.1) is 18.6 Å². The van der Waals surface area contributed by atoms with E-state index in [1.165, 1.54) is 6.07 Å². The summed E-state index contributed by atoms with van der Waals surface area (Å²) in [6, 6.07) is 3.73. The van der Waals surface area contributed by atoms with Crippen LogP contribution in [0.4, 0.5) is 8.78 Å². The summed E-state index contributed by atoms with van der Waals surface area (Å²) in [4.78, 5) is 8.70. The minimum Gasteiger partial charge on any atom is -0.232 e. The quantitative estimate of drug-likeness (QED) is 0.768. The van der Waals surface area contributed by atoms with Gasteiger partial charge >= 0.3 is 0 Å². The molecule has 19 heavy (non-hydrogen) atoms. The average Bonchev–Trinajstić information content (AvgIpc) is 3.20. The van der Waals surface area contributed by atoms with Crippen LogP contribution in [0.25, 0.3) is 11.3 Å². The maximum Gasteiger partial charge on any atom is 0.159 e. The Morgan fingerprint density at radius 1 is 1.16 bits per heavy atom. The normalized spacial score (nSPS) is 14.7. The molecule has 1 fully saturated rings. The minimum atomic E-state index is -0.889. The van der Waals surface area contributed by atoms with E-state index in [4.69, 9.17) is 11.6 Å². The van der Waals surface area contributed by atoms with Crippen molar-refractivity contribution in [3.05, 3.63) is 46.4 Å². The van der Waals surface area contributed by atoms with Gasteiger partial charge in [0.15, 0.2) is 11.6 Å². The molecule has 0 atom stereocenters. The van der Waals surface area contributed by atoms with Crippen molar-refractivity contribution in [2.45, 2.75) is 25.7 Å². The van der Waals surface area contributed by atoms with E-state index in [-0.39, 0.29) is 0 Å². The molecule has 0 unspecified atom stereocenters. The van der Waals surface area contributed by atoms with Crippen molar-refractivity contribution in [3.63, 3.8) is 0 Å². The summed E-state index contributed by atoms with van der Waals surface area (Å²) >= 11 is 6.09. The number of hydrogen-bond donors (Lipinski definition) is 0. The molecule has 98 valence electrons. The summed E-state index contributed by atoms with van der Waals surface area (Å²) in [5, 5.41) is 0.372. The van der Waals surface area contributed by atoms with Gasteiger partial charge in [0, 0.05) is 17.0 Å². The number of hydrogen-bond acceptors (Lipinski definition) is 2. The second-order valence-electron chi connectivity index (χ2n) is 4.75. The topological polar surface area (TPSA) is 25.8 Å². The molecule has 1 heterocycles. The fourth-order valence-electron chi connectivity index (χ4n) is 1.95. The van der Waals surface area contributed by atoms with Crippen LogP contribution in [0.15, 0.2) is 18.2 Å². The molecular formula is C14H11ClF2N2. The van der Waals surface area contributed by atoms with Crippen molar-refractivity contribution in [2.75, 3.05) is 0 Å². The molecule has 1 aromatic heterocycles. The van der Waals surface area contributed by atoms with Gasteiger partial charge in [0.1, 0.15) is 11.0 Å². The fourth-order valence-corrected chi connectivity index (χ4v) is 2.13. The number of nitrogens with zero attached hydrogens (tertiary/aromatic N) is 2. The van der Waals surface area contributed by atoms with Gasteiger partial charge in [-0.25, -0.2) is 18.7 Å². The van der Waals surface area contributed by atoms with E-state index in [9.17, 15) is 8.78 Å². The highest BCUT2D eigenvalue weighted by Crippen LogP contribution is 2.40. The summed E-state index contributed by atoms with van der Waals surface area (Å²) < 4.78 is 26.3. The summed E-state index contributed by atoms with van der Waals surface area (Å²) in [7, 11) is 0. The third-order valence-electron chi connectivity index (χ3n) is 3.24. The molecule has 0 bridgehead atoms. The molecular weight excluding hydrogens is 270 g/mol.